The van der Waals surface area contributed by atoms with Gasteiger partial charge in [0.25, 0.3) is 0 Å². The Kier molecular flexibility index (Phi) is 4.75. The van der Waals surface area contributed by atoms with Gasteiger partial charge in [-0.3, -0.25) is 4.79 Å². The molecule has 1 fully saturated rings. The number of sulfonamides is 1. The van der Waals surface area contributed by atoms with E-state index >= 15 is 0 Å². The molecule has 1 aromatic rings. The number of halogens is 1. The molecule has 21 heavy (non-hydrogen) atoms. The summed E-state index contributed by atoms with van der Waals surface area (Å²) in [5, 5.41) is 2.72. The van der Waals surface area contributed by atoms with Crippen molar-refractivity contribution in [3.8, 4) is 0 Å². The molecule has 5 nitrogen and oxygen atoms in total. The summed E-state index contributed by atoms with van der Waals surface area (Å²) in [5.41, 5.74) is 0.479. The normalized spacial score (nSPS) is 16.9. The summed E-state index contributed by atoms with van der Waals surface area (Å²) < 4.78 is 25.7. The summed E-state index contributed by atoms with van der Waals surface area (Å²) in [6.45, 7) is 4.58. The maximum Gasteiger partial charge on any atom is 0.243 e. The Balaban J connectivity index is 2.24. The predicted octanol–water partition coefficient (Wildman–Crippen LogP) is 2.58. The minimum absolute atomic E-state index is 0.217. The summed E-state index contributed by atoms with van der Waals surface area (Å²) in [6, 6.07) is 6.38. The molecule has 1 aliphatic heterocycles. The van der Waals surface area contributed by atoms with E-state index in [9.17, 15) is 13.2 Å². The summed E-state index contributed by atoms with van der Waals surface area (Å²) in [5.74, 6) is -0.224. The molecule has 0 saturated carbocycles. The number of hydrogen-bond acceptors (Lipinski definition) is 3. The van der Waals surface area contributed by atoms with Gasteiger partial charge in [0.1, 0.15) is 0 Å². The van der Waals surface area contributed by atoms with Crippen molar-refractivity contribution < 1.29 is 13.2 Å². The third-order valence-corrected chi connectivity index (χ3v) is 5.59. The lowest BCUT2D eigenvalue weighted by Crippen LogP contribution is -2.31. The van der Waals surface area contributed by atoms with Gasteiger partial charge in [0, 0.05) is 18.8 Å². The second-order valence-electron chi connectivity index (χ2n) is 5.57. The summed E-state index contributed by atoms with van der Waals surface area (Å²) >= 11 is 3.27. The second kappa shape index (κ2) is 6.06. The van der Waals surface area contributed by atoms with Crippen LogP contribution in [0.5, 0.6) is 0 Å². The Bertz CT molecular complexity index is 632. The van der Waals surface area contributed by atoms with Crippen molar-refractivity contribution in [1.82, 2.24) is 4.31 Å². The molecule has 0 unspecified atom stereocenters. The predicted molar refractivity (Wildman–Crippen MR) is 86.1 cm³/mol. The molecule has 116 valence electrons. The van der Waals surface area contributed by atoms with Gasteiger partial charge in [-0.25, -0.2) is 8.42 Å². The lowest BCUT2D eigenvalue weighted by Gasteiger charge is -2.18. The van der Waals surface area contributed by atoms with E-state index in [1.807, 2.05) is 0 Å². The number of carbonyl (C=O) groups is 1. The highest BCUT2D eigenvalue weighted by molar-refractivity contribution is 9.10. The lowest BCUT2D eigenvalue weighted by molar-refractivity contribution is -0.117. The minimum Gasteiger partial charge on any atom is -0.325 e. The topological polar surface area (TPSA) is 66.5 Å². The van der Waals surface area contributed by atoms with E-state index in [4.69, 9.17) is 0 Å². The van der Waals surface area contributed by atoms with E-state index in [0.717, 1.165) is 12.8 Å². The van der Waals surface area contributed by atoms with Crippen LogP contribution >= 0.6 is 15.9 Å². The average Bonchev–Trinajstić information content (AvgIpc) is 2.92. The Labute approximate surface area is 133 Å². The minimum atomic E-state index is -3.46. The van der Waals surface area contributed by atoms with E-state index in [1.165, 1.54) is 10.4 Å². The highest BCUT2D eigenvalue weighted by Crippen LogP contribution is 2.24. The van der Waals surface area contributed by atoms with E-state index < -0.39 is 14.3 Å². The largest absolute Gasteiger partial charge is 0.325 e. The Morgan fingerprint density at radius 3 is 2.48 bits per heavy atom. The molecule has 1 heterocycles. The highest BCUT2D eigenvalue weighted by Gasteiger charge is 2.28. The molecule has 0 atom stereocenters. The van der Waals surface area contributed by atoms with Crippen molar-refractivity contribution in [3.05, 3.63) is 24.3 Å². The maximum absolute atomic E-state index is 12.5. The number of nitrogens with zero attached hydrogens (tertiary/aromatic N) is 1. The van der Waals surface area contributed by atoms with Crippen LogP contribution in [0.25, 0.3) is 0 Å². The third kappa shape index (κ3) is 3.84. The van der Waals surface area contributed by atoms with Crippen LogP contribution < -0.4 is 5.32 Å². The molecule has 1 N–H and O–H groups in total. The first kappa shape index (κ1) is 16.5. The van der Waals surface area contributed by atoms with Crippen molar-refractivity contribution in [2.75, 3.05) is 18.4 Å². The van der Waals surface area contributed by atoms with E-state index in [0.29, 0.717) is 18.8 Å². The van der Waals surface area contributed by atoms with Gasteiger partial charge in [-0.1, -0.05) is 22.0 Å². The Morgan fingerprint density at radius 1 is 1.29 bits per heavy atom. The van der Waals surface area contributed by atoms with Crippen molar-refractivity contribution in [3.63, 3.8) is 0 Å². The molecule has 1 aliphatic rings. The van der Waals surface area contributed by atoms with E-state index in [2.05, 4.69) is 21.2 Å². The first-order chi connectivity index (χ1) is 9.71. The van der Waals surface area contributed by atoms with Gasteiger partial charge in [-0.2, -0.15) is 4.31 Å². The fraction of sp³-hybridized carbons (Fsp3) is 0.500. The average molecular weight is 375 g/mol. The summed E-state index contributed by atoms with van der Waals surface area (Å²) in [4.78, 5) is 12.2. The number of carbonyl (C=O) groups excluding carboxylic acids is 1. The van der Waals surface area contributed by atoms with Crippen molar-refractivity contribution in [2.24, 2.45) is 0 Å². The number of benzene rings is 1. The molecule has 0 aliphatic carbocycles. The molecule has 1 aromatic carbocycles. The number of nitrogens with one attached hydrogen (secondary N) is 1. The van der Waals surface area contributed by atoms with Crippen LogP contribution in [0.2, 0.25) is 0 Å². The van der Waals surface area contributed by atoms with Gasteiger partial charge < -0.3 is 5.32 Å². The fourth-order valence-electron chi connectivity index (χ4n) is 2.09. The van der Waals surface area contributed by atoms with Gasteiger partial charge in [0.05, 0.1) is 9.22 Å². The lowest BCUT2D eigenvalue weighted by atomic mass is 10.2. The molecule has 0 radical (unpaired) electrons. The van der Waals surface area contributed by atoms with Gasteiger partial charge in [0.15, 0.2) is 0 Å². The second-order valence-corrected chi connectivity index (χ2v) is 9.49. The molecule has 7 heteroatoms. The Hall–Kier alpha value is -0.920. The van der Waals surface area contributed by atoms with Crippen LogP contribution in [0.4, 0.5) is 5.69 Å². The molecule has 0 spiro atoms. The number of alkyl halides is 1. The van der Waals surface area contributed by atoms with Gasteiger partial charge in [0.2, 0.25) is 15.9 Å². The fourth-order valence-corrected chi connectivity index (χ4v) is 3.75. The Morgan fingerprint density at radius 2 is 1.90 bits per heavy atom. The summed E-state index contributed by atoms with van der Waals surface area (Å²) in [7, 11) is -3.46. The standard InChI is InChI=1S/C14H19BrN2O3S/c1-14(2,15)13(18)16-11-6-5-7-12(10-11)21(19,20)17-8-3-4-9-17/h5-7,10H,3-4,8-9H2,1-2H3,(H,16,18). The molecule has 0 aromatic heterocycles. The zero-order valence-electron chi connectivity index (χ0n) is 12.1. The van der Waals surface area contributed by atoms with Crippen LogP contribution in [-0.2, 0) is 14.8 Å². The summed E-state index contributed by atoms with van der Waals surface area (Å²) in [6.07, 6.45) is 1.79. The van der Waals surface area contributed by atoms with E-state index in [-0.39, 0.29) is 10.8 Å². The first-order valence-corrected chi connectivity index (χ1v) is 9.05. The zero-order valence-corrected chi connectivity index (χ0v) is 14.5. The smallest absolute Gasteiger partial charge is 0.243 e. The number of hydrogen-bond donors (Lipinski definition) is 1. The molecular formula is C14H19BrN2O3S. The van der Waals surface area contributed by atoms with Crippen LogP contribution in [-0.4, -0.2) is 36.0 Å². The number of amides is 1. The van der Waals surface area contributed by atoms with Gasteiger partial charge in [-0.15, -0.1) is 0 Å². The highest BCUT2D eigenvalue weighted by atomic mass is 79.9. The van der Waals surface area contributed by atoms with Crippen molar-refractivity contribution in [1.29, 1.82) is 0 Å². The molecule has 1 amide bonds. The van der Waals surface area contributed by atoms with Gasteiger partial charge in [-0.05, 0) is 44.9 Å². The molecule has 0 bridgehead atoms. The maximum atomic E-state index is 12.5. The third-order valence-electron chi connectivity index (χ3n) is 3.33. The quantitative estimate of drug-likeness (QED) is 0.823. The SMILES string of the molecule is CC(C)(Br)C(=O)Nc1cccc(S(=O)(=O)N2CCCC2)c1. The van der Waals surface area contributed by atoms with Crippen molar-refractivity contribution in [2.45, 2.75) is 35.9 Å². The van der Waals surface area contributed by atoms with Crippen LogP contribution in [0.1, 0.15) is 26.7 Å². The van der Waals surface area contributed by atoms with Crippen LogP contribution in [0.15, 0.2) is 29.2 Å². The number of rotatable bonds is 4. The molecule has 1 saturated heterocycles. The zero-order chi connectivity index (χ0) is 15.7. The van der Waals surface area contributed by atoms with Gasteiger partial charge >= 0.3 is 0 Å². The monoisotopic (exact) mass is 374 g/mol. The first-order valence-electron chi connectivity index (χ1n) is 6.82. The van der Waals surface area contributed by atoms with Crippen LogP contribution in [0.3, 0.4) is 0 Å². The van der Waals surface area contributed by atoms with E-state index in [1.54, 1.807) is 32.0 Å². The van der Waals surface area contributed by atoms with Crippen LogP contribution in [0, 0.1) is 0 Å². The molecule has 2 rings (SSSR count). The molecular weight excluding hydrogens is 356 g/mol. The van der Waals surface area contributed by atoms with Crippen molar-refractivity contribution >= 4 is 37.5 Å². The number of anilines is 1.